The van der Waals surface area contributed by atoms with E-state index in [9.17, 15) is 15.2 Å². The van der Waals surface area contributed by atoms with Crippen molar-refractivity contribution in [1.82, 2.24) is 4.98 Å². The van der Waals surface area contributed by atoms with Crippen LogP contribution in [0.5, 0.6) is 5.75 Å². The lowest BCUT2D eigenvalue weighted by Gasteiger charge is -2.58. The lowest BCUT2D eigenvalue weighted by Crippen LogP contribution is -2.67. The van der Waals surface area contributed by atoms with Gasteiger partial charge in [0.2, 0.25) is 0 Å². The molecule has 2 aromatic carbocycles. The summed E-state index contributed by atoms with van der Waals surface area (Å²) in [5.74, 6) is 1.60. The van der Waals surface area contributed by atoms with Gasteiger partial charge in [0.05, 0.1) is 30.6 Å². The Morgan fingerprint density at radius 3 is 2.94 bits per heavy atom. The van der Waals surface area contributed by atoms with E-state index in [1.54, 1.807) is 25.4 Å². The summed E-state index contributed by atoms with van der Waals surface area (Å²) < 4.78 is 6.13. The number of quaternary nitrogens is 1. The number of nitro groups is 1. The highest BCUT2D eigenvalue weighted by molar-refractivity contribution is 5.83. The Labute approximate surface area is 199 Å². The third-order valence-corrected chi connectivity index (χ3v) is 7.96. The molecule has 0 saturated carbocycles. The van der Waals surface area contributed by atoms with E-state index in [1.165, 1.54) is 6.07 Å². The van der Waals surface area contributed by atoms with Gasteiger partial charge in [-0.3, -0.25) is 15.1 Å². The second kappa shape index (κ2) is 8.81. The van der Waals surface area contributed by atoms with Gasteiger partial charge in [-0.1, -0.05) is 18.2 Å². The van der Waals surface area contributed by atoms with Gasteiger partial charge in [-0.15, -0.1) is 6.58 Å². The van der Waals surface area contributed by atoms with Crippen molar-refractivity contribution >= 4 is 16.6 Å². The van der Waals surface area contributed by atoms with Crippen molar-refractivity contribution < 1.29 is 19.2 Å². The highest BCUT2D eigenvalue weighted by Crippen LogP contribution is 2.48. The molecule has 6 rings (SSSR count). The van der Waals surface area contributed by atoms with Crippen LogP contribution in [0.25, 0.3) is 10.9 Å². The number of fused-ring (bicyclic) bond motifs is 4. The van der Waals surface area contributed by atoms with Gasteiger partial charge in [0.15, 0.2) is 0 Å². The maximum absolute atomic E-state index is 11.9. The topological polar surface area (TPSA) is 85.5 Å². The first-order chi connectivity index (χ1) is 16.4. The molecule has 3 saturated heterocycles. The van der Waals surface area contributed by atoms with E-state index >= 15 is 0 Å². The molecule has 5 atom stereocenters. The number of aliphatic hydroxyl groups excluding tert-OH is 1. The third-order valence-electron chi connectivity index (χ3n) is 7.96. The van der Waals surface area contributed by atoms with Crippen molar-refractivity contribution in [2.24, 2.45) is 11.8 Å². The Kier molecular flexibility index (Phi) is 5.83. The van der Waals surface area contributed by atoms with Gasteiger partial charge in [0.25, 0.3) is 5.69 Å². The number of benzene rings is 2. The highest BCUT2D eigenvalue weighted by Gasteiger charge is 2.54. The minimum atomic E-state index is -0.690. The molecule has 3 aliphatic heterocycles. The summed E-state index contributed by atoms with van der Waals surface area (Å²) in [6.07, 6.45) is 5.08. The molecule has 3 aromatic rings. The number of hydrogen-bond donors (Lipinski definition) is 1. The van der Waals surface area contributed by atoms with Crippen LogP contribution in [0.2, 0.25) is 0 Å². The summed E-state index contributed by atoms with van der Waals surface area (Å²) in [4.78, 5) is 15.5. The summed E-state index contributed by atoms with van der Waals surface area (Å²) in [7, 11) is 1.63. The molecule has 0 radical (unpaired) electrons. The SMILES string of the molecule is C=C[C@H]1C[N+]2(Cc3cccc([N+](=O)[O-])c3)CC[C@H]1C[C@@H]2[C@@H](O)c1ccnc2ccc(OC)cc12. The van der Waals surface area contributed by atoms with Crippen molar-refractivity contribution in [2.75, 3.05) is 20.2 Å². The van der Waals surface area contributed by atoms with Crippen LogP contribution < -0.4 is 4.74 Å². The lowest BCUT2D eigenvalue weighted by molar-refractivity contribution is -0.984. The minimum absolute atomic E-state index is 0.0222. The Balaban J connectivity index is 1.56. The number of aliphatic hydroxyl groups is 1. The number of piperidine rings is 3. The zero-order valence-electron chi connectivity index (χ0n) is 19.3. The van der Waals surface area contributed by atoms with Crippen LogP contribution in [0.1, 0.15) is 30.1 Å². The summed E-state index contributed by atoms with van der Waals surface area (Å²) in [5, 5.41) is 24.1. The monoisotopic (exact) mass is 460 g/mol. The lowest BCUT2D eigenvalue weighted by atomic mass is 9.71. The summed E-state index contributed by atoms with van der Waals surface area (Å²) in [6.45, 7) is 6.54. The largest absolute Gasteiger partial charge is 0.497 e. The molecule has 0 aliphatic carbocycles. The number of non-ortho nitro benzene ring substituents is 1. The van der Waals surface area contributed by atoms with Gasteiger partial charge in [0, 0.05) is 48.0 Å². The van der Waals surface area contributed by atoms with Crippen molar-refractivity contribution in [1.29, 1.82) is 0 Å². The van der Waals surface area contributed by atoms with Crippen LogP contribution >= 0.6 is 0 Å². The predicted molar refractivity (Wildman–Crippen MR) is 130 cm³/mol. The number of nitro benzene ring substituents is 1. The van der Waals surface area contributed by atoms with Gasteiger partial charge in [-0.05, 0) is 35.7 Å². The van der Waals surface area contributed by atoms with Gasteiger partial charge in [-0.25, -0.2) is 0 Å². The van der Waals surface area contributed by atoms with E-state index in [1.807, 2.05) is 30.3 Å². The molecule has 1 aromatic heterocycles. The molecule has 7 heteroatoms. The number of pyridine rings is 1. The molecule has 7 nitrogen and oxygen atoms in total. The molecular weight excluding hydrogens is 430 g/mol. The quantitative estimate of drug-likeness (QED) is 0.237. The molecule has 176 valence electrons. The van der Waals surface area contributed by atoms with Crippen LogP contribution in [0.3, 0.4) is 0 Å². The molecule has 4 heterocycles. The predicted octanol–water partition coefficient (Wildman–Crippen LogP) is 4.80. The Bertz CT molecular complexity index is 1250. The maximum atomic E-state index is 11.9. The first-order valence-corrected chi connectivity index (χ1v) is 11.8. The van der Waals surface area contributed by atoms with Gasteiger partial charge in [0.1, 0.15) is 24.4 Å². The fraction of sp³-hybridized carbons (Fsp3) is 0.370. The van der Waals surface area contributed by atoms with E-state index in [-0.39, 0.29) is 16.7 Å². The summed E-state index contributed by atoms with van der Waals surface area (Å²) in [6, 6.07) is 14.5. The smallest absolute Gasteiger partial charge is 0.269 e. The number of nitrogens with zero attached hydrogens (tertiary/aromatic N) is 3. The zero-order chi connectivity index (χ0) is 23.9. The zero-order valence-corrected chi connectivity index (χ0v) is 19.3. The third kappa shape index (κ3) is 3.85. The Hall–Kier alpha value is -3.29. The molecule has 1 N–H and O–H groups in total. The van der Waals surface area contributed by atoms with Crippen LogP contribution in [0.4, 0.5) is 5.69 Å². The molecule has 3 aliphatic rings. The maximum Gasteiger partial charge on any atom is 0.269 e. The molecule has 2 bridgehead atoms. The van der Waals surface area contributed by atoms with Gasteiger partial charge < -0.3 is 14.3 Å². The fourth-order valence-electron chi connectivity index (χ4n) is 6.25. The average molecular weight is 461 g/mol. The van der Waals surface area contributed by atoms with Gasteiger partial charge in [-0.2, -0.15) is 0 Å². The van der Waals surface area contributed by atoms with Crippen molar-refractivity contribution in [3.05, 3.63) is 88.6 Å². The standard InChI is InChI=1S/C27H30N3O4/c1-3-19-17-30(16-18-5-4-6-21(13-18)29(32)33)12-10-20(19)14-26(30)27(31)23-9-11-28-25-8-7-22(34-2)15-24(23)25/h3-9,11,13,15,19-20,26-27,31H,1,10,12,14,16-17H2,2H3/q+1/t19-,20-,26+,27-,30?/m0/s1. The van der Waals surface area contributed by atoms with Crippen LogP contribution in [-0.4, -0.2) is 45.7 Å². The molecule has 1 unspecified atom stereocenters. The first kappa shape index (κ1) is 22.5. The van der Waals surface area contributed by atoms with E-state index < -0.39 is 6.10 Å². The molecule has 34 heavy (non-hydrogen) atoms. The van der Waals surface area contributed by atoms with Crippen LogP contribution in [0, 0.1) is 22.0 Å². The molecular formula is C27H30N3O4+. The Morgan fingerprint density at radius 2 is 2.18 bits per heavy atom. The van der Waals surface area contributed by atoms with E-state index in [0.717, 1.165) is 53.7 Å². The minimum Gasteiger partial charge on any atom is -0.497 e. The average Bonchev–Trinajstić information content (AvgIpc) is 2.87. The number of rotatable bonds is 7. The highest BCUT2D eigenvalue weighted by atomic mass is 16.6. The summed E-state index contributed by atoms with van der Waals surface area (Å²) >= 11 is 0. The molecule has 3 fully saturated rings. The van der Waals surface area contributed by atoms with E-state index in [2.05, 4.69) is 17.6 Å². The van der Waals surface area contributed by atoms with Crippen molar-refractivity contribution in [3.63, 3.8) is 0 Å². The van der Waals surface area contributed by atoms with E-state index in [4.69, 9.17) is 4.74 Å². The number of hydrogen-bond acceptors (Lipinski definition) is 5. The molecule has 0 amide bonds. The van der Waals surface area contributed by atoms with Crippen molar-refractivity contribution in [2.45, 2.75) is 31.5 Å². The second-order valence-electron chi connectivity index (χ2n) is 9.69. The second-order valence-corrected chi connectivity index (χ2v) is 9.69. The summed E-state index contributed by atoms with van der Waals surface area (Å²) in [5.41, 5.74) is 2.71. The number of aromatic nitrogens is 1. The van der Waals surface area contributed by atoms with Crippen molar-refractivity contribution in [3.8, 4) is 5.75 Å². The van der Waals surface area contributed by atoms with Gasteiger partial charge >= 0.3 is 0 Å². The Morgan fingerprint density at radius 1 is 1.32 bits per heavy atom. The van der Waals surface area contributed by atoms with E-state index in [0.29, 0.717) is 22.9 Å². The molecule has 0 spiro atoms. The number of ether oxygens (including phenoxy) is 1. The van der Waals surface area contributed by atoms with Crippen LogP contribution in [0.15, 0.2) is 67.4 Å². The number of methoxy groups -OCH3 is 1. The normalized spacial score (nSPS) is 26.8. The first-order valence-electron chi connectivity index (χ1n) is 11.8. The fourth-order valence-corrected chi connectivity index (χ4v) is 6.25. The van der Waals surface area contributed by atoms with Crippen LogP contribution in [-0.2, 0) is 6.54 Å².